The maximum Gasteiger partial charge on any atom is 0.323 e. The van der Waals surface area contributed by atoms with Crippen LogP contribution in [0.15, 0.2) is 0 Å². The molecule has 0 aromatic heterocycles. The van der Waals surface area contributed by atoms with Crippen molar-refractivity contribution in [2.75, 3.05) is 26.7 Å². The van der Waals surface area contributed by atoms with Crippen LogP contribution in [0, 0.1) is 5.92 Å². The lowest BCUT2D eigenvalue weighted by molar-refractivity contribution is -0.146. The zero-order chi connectivity index (χ0) is 14.3. The molecular formula is C15H30N2O2. The van der Waals surface area contributed by atoms with Gasteiger partial charge in [0.25, 0.3) is 0 Å². The molecule has 0 spiro atoms. The highest BCUT2D eigenvalue weighted by Gasteiger charge is 2.29. The van der Waals surface area contributed by atoms with Gasteiger partial charge in [-0.25, -0.2) is 0 Å². The van der Waals surface area contributed by atoms with E-state index in [1.54, 1.807) is 0 Å². The smallest absolute Gasteiger partial charge is 0.323 e. The second kappa shape index (κ2) is 8.54. The van der Waals surface area contributed by atoms with Crippen LogP contribution in [-0.2, 0) is 9.53 Å². The van der Waals surface area contributed by atoms with Crippen molar-refractivity contribution in [2.24, 2.45) is 5.92 Å². The molecule has 1 fully saturated rings. The number of ether oxygens (including phenoxy) is 1. The summed E-state index contributed by atoms with van der Waals surface area (Å²) in [5.41, 5.74) is 0. The SMILES string of the molecule is CCOC(=O)C(CCN(C)CCC(C)C)NC1CC1. The summed E-state index contributed by atoms with van der Waals surface area (Å²) in [6.07, 6.45) is 4.43. The summed E-state index contributed by atoms with van der Waals surface area (Å²) in [6.45, 7) is 8.84. The summed E-state index contributed by atoms with van der Waals surface area (Å²) in [7, 11) is 2.13. The largest absolute Gasteiger partial charge is 0.465 e. The van der Waals surface area contributed by atoms with Crippen LogP contribution in [0.3, 0.4) is 0 Å². The summed E-state index contributed by atoms with van der Waals surface area (Å²) in [4.78, 5) is 14.2. The molecule has 19 heavy (non-hydrogen) atoms. The van der Waals surface area contributed by atoms with E-state index < -0.39 is 0 Å². The summed E-state index contributed by atoms with van der Waals surface area (Å²) in [6, 6.07) is 0.407. The van der Waals surface area contributed by atoms with Crippen LogP contribution in [0.5, 0.6) is 0 Å². The topological polar surface area (TPSA) is 41.6 Å². The zero-order valence-electron chi connectivity index (χ0n) is 12.9. The highest BCUT2D eigenvalue weighted by molar-refractivity contribution is 5.75. The summed E-state index contributed by atoms with van der Waals surface area (Å²) in [5.74, 6) is 0.638. The number of nitrogens with one attached hydrogen (secondary N) is 1. The van der Waals surface area contributed by atoms with Crippen molar-refractivity contribution < 1.29 is 9.53 Å². The minimum atomic E-state index is -0.131. The van der Waals surface area contributed by atoms with Crippen LogP contribution in [0.1, 0.15) is 46.5 Å². The van der Waals surface area contributed by atoms with Crippen LogP contribution >= 0.6 is 0 Å². The van der Waals surface area contributed by atoms with Gasteiger partial charge in [-0.05, 0) is 58.7 Å². The molecule has 112 valence electrons. The van der Waals surface area contributed by atoms with E-state index in [9.17, 15) is 4.79 Å². The van der Waals surface area contributed by atoms with Gasteiger partial charge in [-0.2, -0.15) is 0 Å². The molecule has 0 amide bonds. The predicted octanol–water partition coefficient (Wildman–Crippen LogP) is 2.04. The quantitative estimate of drug-likeness (QED) is 0.617. The van der Waals surface area contributed by atoms with Crippen LogP contribution in [-0.4, -0.2) is 49.7 Å². The summed E-state index contributed by atoms with van der Waals surface area (Å²) in [5, 5.41) is 3.39. The van der Waals surface area contributed by atoms with E-state index in [1.165, 1.54) is 19.3 Å². The van der Waals surface area contributed by atoms with Crippen molar-refractivity contribution in [1.82, 2.24) is 10.2 Å². The maximum atomic E-state index is 11.9. The summed E-state index contributed by atoms with van der Waals surface area (Å²) < 4.78 is 5.14. The molecule has 0 aliphatic heterocycles. The Morgan fingerprint density at radius 2 is 1.95 bits per heavy atom. The van der Waals surface area contributed by atoms with Crippen molar-refractivity contribution in [3.8, 4) is 0 Å². The third-order valence-electron chi connectivity index (χ3n) is 3.47. The lowest BCUT2D eigenvalue weighted by atomic mass is 10.1. The number of hydrogen-bond acceptors (Lipinski definition) is 4. The highest BCUT2D eigenvalue weighted by atomic mass is 16.5. The van der Waals surface area contributed by atoms with E-state index in [2.05, 4.69) is 31.1 Å². The third kappa shape index (κ3) is 7.53. The van der Waals surface area contributed by atoms with Gasteiger partial charge in [0.15, 0.2) is 0 Å². The molecule has 1 saturated carbocycles. The number of hydrogen-bond donors (Lipinski definition) is 1. The monoisotopic (exact) mass is 270 g/mol. The first-order valence-electron chi connectivity index (χ1n) is 7.64. The van der Waals surface area contributed by atoms with Gasteiger partial charge in [-0.3, -0.25) is 4.79 Å². The van der Waals surface area contributed by atoms with E-state index in [4.69, 9.17) is 4.74 Å². The molecule has 1 N–H and O–H groups in total. The van der Waals surface area contributed by atoms with Crippen molar-refractivity contribution in [2.45, 2.75) is 58.5 Å². The molecule has 1 aliphatic carbocycles. The van der Waals surface area contributed by atoms with Gasteiger partial charge in [0.2, 0.25) is 0 Å². The van der Waals surface area contributed by atoms with Crippen molar-refractivity contribution >= 4 is 5.97 Å². The molecule has 0 aromatic carbocycles. The molecule has 1 atom stereocenters. The van der Waals surface area contributed by atoms with E-state index in [-0.39, 0.29) is 12.0 Å². The Balaban J connectivity index is 2.28. The van der Waals surface area contributed by atoms with Crippen molar-refractivity contribution in [1.29, 1.82) is 0 Å². The Kier molecular flexibility index (Phi) is 7.39. The second-order valence-electron chi connectivity index (χ2n) is 6.02. The molecule has 0 bridgehead atoms. The second-order valence-corrected chi connectivity index (χ2v) is 6.02. The normalized spacial score (nSPS) is 16.9. The first-order chi connectivity index (χ1) is 9.02. The van der Waals surface area contributed by atoms with E-state index >= 15 is 0 Å². The van der Waals surface area contributed by atoms with Crippen molar-refractivity contribution in [3.63, 3.8) is 0 Å². The van der Waals surface area contributed by atoms with Gasteiger partial charge in [-0.15, -0.1) is 0 Å². The van der Waals surface area contributed by atoms with Gasteiger partial charge >= 0.3 is 5.97 Å². The minimum absolute atomic E-state index is 0.0911. The first kappa shape index (κ1) is 16.4. The van der Waals surface area contributed by atoms with E-state index in [0.29, 0.717) is 12.6 Å². The molecule has 0 saturated heterocycles. The molecule has 1 unspecified atom stereocenters. The number of carbonyl (C=O) groups excluding carboxylic acids is 1. The van der Waals surface area contributed by atoms with Gasteiger partial charge in [0.05, 0.1) is 6.61 Å². The number of esters is 1. The minimum Gasteiger partial charge on any atom is -0.465 e. The lowest BCUT2D eigenvalue weighted by Gasteiger charge is -2.22. The van der Waals surface area contributed by atoms with Crippen LogP contribution in [0.25, 0.3) is 0 Å². The fourth-order valence-electron chi connectivity index (χ4n) is 1.99. The Hall–Kier alpha value is -0.610. The van der Waals surface area contributed by atoms with Crippen LogP contribution < -0.4 is 5.32 Å². The van der Waals surface area contributed by atoms with Crippen molar-refractivity contribution in [3.05, 3.63) is 0 Å². The predicted molar refractivity (Wildman–Crippen MR) is 78.1 cm³/mol. The Bertz CT molecular complexity index is 265. The Labute approximate surface area is 117 Å². The van der Waals surface area contributed by atoms with E-state index in [1.807, 2.05) is 6.92 Å². The third-order valence-corrected chi connectivity index (χ3v) is 3.47. The average Bonchev–Trinajstić information content (AvgIpc) is 3.15. The molecule has 4 nitrogen and oxygen atoms in total. The Morgan fingerprint density at radius 3 is 2.47 bits per heavy atom. The fourth-order valence-corrected chi connectivity index (χ4v) is 1.99. The van der Waals surface area contributed by atoms with Gasteiger partial charge in [-0.1, -0.05) is 13.8 Å². The number of rotatable bonds is 10. The van der Waals surface area contributed by atoms with E-state index in [0.717, 1.165) is 25.4 Å². The Morgan fingerprint density at radius 1 is 1.32 bits per heavy atom. The molecule has 0 heterocycles. The highest BCUT2D eigenvalue weighted by Crippen LogP contribution is 2.20. The molecule has 1 aliphatic rings. The average molecular weight is 270 g/mol. The molecule has 0 aromatic rings. The van der Waals surface area contributed by atoms with Gasteiger partial charge in [0, 0.05) is 6.04 Å². The first-order valence-corrected chi connectivity index (χ1v) is 7.64. The van der Waals surface area contributed by atoms with Gasteiger partial charge < -0.3 is 15.0 Å². The zero-order valence-corrected chi connectivity index (χ0v) is 12.9. The summed E-state index contributed by atoms with van der Waals surface area (Å²) >= 11 is 0. The van der Waals surface area contributed by atoms with Gasteiger partial charge in [0.1, 0.15) is 6.04 Å². The fraction of sp³-hybridized carbons (Fsp3) is 0.933. The lowest BCUT2D eigenvalue weighted by Crippen LogP contribution is -2.41. The molecular weight excluding hydrogens is 240 g/mol. The van der Waals surface area contributed by atoms with Crippen LogP contribution in [0.2, 0.25) is 0 Å². The van der Waals surface area contributed by atoms with Crippen LogP contribution in [0.4, 0.5) is 0 Å². The number of nitrogens with zero attached hydrogens (tertiary/aromatic N) is 1. The molecule has 1 rings (SSSR count). The maximum absolute atomic E-state index is 11.9. The molecule has 4 heteroatoms. The number of carbonyl (C=O) groups is 1. The standard InChI is InChI=1S/C15H30N2O2/c1-5-19-15(18)14(16-13-6-7-13)9-11-17(4)10-8-12(2)3/h12-14,16H,5-11H2,1-4H3. The molecule has 0 radical (unpaired) electrons.